The average Bonchev–Trinajstić information content (AvgIpc) is 2.99. The lowest BCUT2D eigenvalue weighted by Gasteiger charge is -2.13. The Morgan fingerprint density at radius 3 is 3.06 bits per heavy atom. The van der Waals surface area contributed by atoms with E-state index in [2.05, 4.69) is 32.0 Å². The number of rotatable bonds is 7. The van der Waals surface area contributed by atoms with Crippen LogP contribution in [0.25, 0.3) is 0 Å². The maximum atomic E-state index is 5.19. The van der Waals surface area contributed by atoms with E-state index in [0.717, 1.165) is 31.8 Å². The van der Waals surface area contributed by atoms with Crippen LogP contribution in [0.15, 0.2) is 17.2 Å². The molecular weight excluding hydrogens is 232 g/mol. The molecule has 0 N–H and O–H groups in total. The first kappa shape index (κ1) is 12.7. The summed E-state index contributed by atoms with van der Waals surface area (Å²) in [5.41, 5.74) is 0. The highest BCUT2D eigenvalue weighted by molar-refractivity contribution is 4.86. The van der Waals surface area contributed by atoms with Gasteiger partial charge in [0.25, 0.3) is 0 Å². The van der Waals surface area contributed by atoms with Crippen molar-refractivity contribution in [2.75, 3.05) is 13.6 Å². The molecule has 0 atom stereocenters. The quantitative estimate of drug-likeness (QED) is 0.722. The fourth-order valence-electron chi connectivity index (χ4n) is 1.61. The molecule has 0 fully saturated rings. The van der Waals surface area contributed by atoms with Crippen molar-refractivity contribution < 1.29 is 4.52 Å². The van der Waals surface area contributed by atoms with Crippen LogP contribution in [0.5, 0.6) is 0 Å². The Morgan fingerprint density at radius 2 is 2.33 bits per heavy atom. The topological polar surface area (TPSA) is 72.9 Å². The molecule has 0 bridgehead atoms. The van der Waals surface area contributed by atoms with Crippen molar-refractivity contribution in [3.05, 3.63) is 24.4 Å². The number of likely N-dealkylation sites (N-methyl/N-ethyl adjacent to an activating group) is 1. The van der Waals surface area contributed by atoms with Crippen molar-refractivity contribution >= 4 is 0 Å². The number of hydrogen-bond acceptors (Lipinski definition) is 6. The summed E-state index contributed by atoms with van der Waals surface area (Å²) in [4.78, 5) is 10.3. The SMILES string of the molecule is CCCc1noc(CN(C)CCn2cncn2)n1. The van der Waals surface area contributed by atoms with Gasteiger partial charge in [0.05, 0.1) is 13.1 Å². The monoisotopic (exact) mass is 250 g/mol. The van der Waals surface area contributed by atoms with Crippen LogP contribution in [0.1, 0.15) is 25.1 Å². The molecule has 2 rings (SSSR count). The zero-order valence-electron chi connectivity index (χ0n) is 10.8. The average molecular weight is 250 g/mol. The van der Waals surface area contributed by atoms with Crippen molar-refractivity contribution in [1.82, 2.24) is 29.8 Å². The molecule has 7 heteroatoms. The fourth-order valence-corrected chi connectivity index (χ4v) is 1.61. The van der Waals surface area contributed by atoms with Gasteiger partial charge in [-0.15, -0.1) is 0 Å². The van der Waals surface area contributed by atoms with E-state index in [1.807, 2.05) is 7.05 Å². The summed E-state index contributed by atoms with van der Waals surface area (Å²) in [6.45, 7) is 4.41. The number of nitrogens with zero attached hydrogens (tertiary/aromatic N) is 6. The minimum absolute atomic E-state index is 0.658. The highest BCUT2D eigenvalue weighted by atomic mass is 16.5. The van der Waals surface area contributed by atoms with Crippen LogP contribution in [0.4, 0.5) is 0 Å². The van der Waals surface area contributed by atoms with Crippen molar-refractivity contribution in [3.8, 4) is 0 Å². The Hall–Kier alpha value is -1.76. The lowest BCUT2D eigenvalue weighted by Crippen LogP contribution is -2.23. The molecule has 0 unspecified atom stereocenters. The Kier molecular flexibility index (Phi) is 4.40. The number of aromatic nitrogens is 5. The van der Waals surface area contributed by atoms with Crippen molar-refractivity contribution in [2.45, 2.75) is 32.9 Å². The zero-order valence-corrected chi connectivity index (χ0v) is 10.8. The molecule has 0 aliphatic rings. The van der Waals surface area contributed by atoms with Gasteiger partial charge in [-0.2, -0.15) is 10.1 Å². The zero-order chi connectivity index (χ0) is 12.8. The second kappa shape index (κ2) is 6.25. The standard InChI is InChI=1S/C11H18N6O/c1-3-4-10-14-11(18-15-10)7-16(2)5-6-17-9-12-8-13-17/h8-9H,3-7H2,1-2H3. The third kappa shape index (κ3) is 3.63. The smallest absolute Gasteiger partial charge is 0.240 e. The molecule has 2 aromatic rings. The van der Waals surface area contributed by atoms with Crippen LogP contribution < -0.4 is 0 Å². The summed E-state index contributed by atoms with van der Waals surface area (Å²) in [5.74, 6) is 1.46. The van der Waals surface area contributed by atoms with Gasteiger partial charge in [0, 0.05) is 13.0 Å². The van der Waals surface area contributed by atoms with Gasteiger partial charge in [-0.3, -0.25) is 9.58 Å². The first-order chi connectivity index (χ1) is 8.78. The Morgan fingerprint density at radius 1 is 1.44 bits per heavy atom. The number of hydrogen-bond donors (Lipinski definition) is 0. The van der Waals surface area contributed by atoms with Crippen molar-refractivity contribution in [3.63, 3.8) is 0 Å². The first-order valence-corrected chi connectivity index (χ1v) is 6.10. The Labute approximate surface area is 106 Å². The normalized spacial score (nSPS) is 11.3. The maximum Gasteiger partial charge on any atom is 0.240 e. The van der Waals surface area contributed by atoms with E-state index in [9.17, 15) is 0 Å². The van der Waals surface area contributed by atoms with Crippen LogP contribution >= 0.6 is 0 Å². The molecule has 0 aliphatic heterocycles. The van der Waals surface area contributed by atoms with Crippen LogP contribution in [-0.4, -0.2) is 43.4 Å². The molecule has 0 aliphatic carbocycles. The van der Waals surface area contributed by atoms with Gasteiger partial charge in [-0.05, 0) is 13.5 Å². The van der Waals surface area contributed by atoms with Gasteiger partial charge < -0.3 is 4.52 Å². The fraction of sp³-hybridized carbons (Fsp3) is 0.636. The molecule has 98 valence electrons. The molecule has 2 aromatic heterocycles. The minimum Gasteiger partial charge on any atom is -0.338 e. The minimum atomic E-state index is 0.658. The van der Waals surface area contributed by atoms with E-state index in [1.165, 1.54) is 6.33 Å². The van der Waals surface area contributed by atoms with Gasteiger partial charge in [-0.1, -0.05) is 12.1 Å². The summed E-state index contributed by atoms with van der Waals surface area (Å²) in [6.07, 6.45) is 5.14. The molecule has 0 aromatic carbocycles. The van der Waals surface area contributed by atoms with Gasteiger partial charge >= 0.3 is 0 Å². The van der Waals surface area contributed by atoms with Crippen LogP contribution in [-0.2, 0) is 19.5 Å². The van der Waals surface area contributed by atoms with Crippen LogP contribution in [0, 0.1) is 0 Å². The van der Waals surface area contributed by atoms with Gasteiger partial charge in [0.15, 0.2) is 5.82 Å². The number of aryl methyl sites for hydroxylation is 1. The molecule has 7 nitrogen and oxygen atoms in total. The lowest BCUT2D eigenvalue weighted by molar-refractivity contribution is 0.255. The van der Waals surface area contributed by atoms with E-state index in [1.54, 1.807) is 11.0 Å². The molecular formula is C11H18N6O. The second-order valence-corrected chi connectivity index (χ2v) is 4.25. The Bertz CT molecular complexity index is 452. The summed E-state index contributed by atoms with van der Waals surface area (Å²) >= 11 is 0. The van der Waals surface area contributed by atoms with E-state index in [-0.39, 0.29) is 0 Å². The van der Waals surface area contributed by atoms with Crippen LogP contribution in [0.2, 0.25) is 0 Å². The third-order valence-electron chi connectivity index (χ3n) is 2.57. The van der Waals surface area contributed by atoms with Crippen molar-refractivity contribution in [1.29, 1.82) is 0 Å². The Balaban J connectivity index is 1.77. The van der Waals surface area contributed by atoms with Crippen LogP contribution in [0.3, 0.4) is 0 Å². The van der Waals surface area contributed by atoms with E-state index in [4.69, 9.17) is 4.52 Å². The van der Waals surface area contributed by atoms with E-state index < -0.39 is 0 Å². The molecule has 2 heterocycles. The predicted octanol–water partition coefficient (Wildman–Crippen LogP) is 0.746. The van der Waals surface area contributed by atoms with Gasteiger partial charge in [0.2, 0.25) is 5.89 Å². The molecule has 0 amide bonds. The summed E-state index contributed by atoms with van der Waals surface area (Å²) in [7, 11) is 2.01. The van der Waals surface area contributed by atoms with Gasteiger partial charge in [0.1, 0.15) is 12.7 Å². The van der Waals surface area contributed by atoms with E-state index >= 15 is 0 Å². The molecule has 18 heavy (non-hydrogen) atoms. The third-order valence-corrected chi connectivity index (χ3v) is 2.57. The maximum absolute atomic E-state index is 5.19. The first-order valence-electron chi connectivity index (χ1n) is 6.10. The lowest BCUT2D eigenvalue weighted by atomic mass is 10.3. The molecule has 0 saturated heterocycles. The van der Waals surface area contributed by atoms with Crippen molar-refractivity contribution in [2.24, 2.45) is 0 Å². The predicted molar refractivity (Wildman–Crippen MR) is 64.6 cm³/mol. The molecule has 0 spiro atoms. The molecule has 0 radical (unpaired) electrons. The summed E-state index contributed by atoms with van der Waals surface area (Å²) in [6, 6.07) is 0. The van der Waals surface area contributed by atoms with E-state index in [0.29, 0.717) is 12.4 Å². The summed E-state index contributed by atoms with van der Waals surface area (Å²) in [5, 5.41) is 7.98. The van der Waals surface area contributed by atoms with Gasteiger partial charge in [-0.25, -0.2) is 4.98 Å². The largest absolute Gasteiger partial charge is 0.338 e. The second-order valence-electron chi connectivity index (χ2n) is 4.25. The molecule has 0 saturated carbocycles. The highest BCUT2D eigenvalue weighted by Gasteiger charge is 2.08. The highest BCUT2D eigenvalue weighted by Crippen LogP contribution is 2.03. The summed E-state index contributed by atoms with van der Waals surface area (Å²) < 4.78 is 6.99.